The van der Waals surface area contributed by atoms with Gasteiger partial charge in [-0.1, -0.05) is 6.92 Å². The van der Waals surface area contributed by atoms with Gasteiger partial charge in [-0.05, 0) is 30.7 Å². The van der Waals surface area contributed by atoms with Crippen LogP contribution in [0.5, 0.6) is 5.75 Å². The minimum absolute atomic E-state index is 0. The Morgan fingerprint density at radius 1 is 1.38 bits per heavy atom. The number of guanidine groups is 1. The Kier molecular flexibility index (Phi) is 9.15. The highest BCUT2D eigenvalue weighted by Gasteiger charge is 2.25. The largest absolute Gasteiger partial charge is 0.497 e. The molecule has 2 aromatic rings. The van der Waals surface area contributed by atoms with E-state index in [4.69, 9.17) is 9.72 Å². The molecule has 1 aromatic heterocycles. The number of ether oxygens (including phenoxy) is 1. The van der Waals surface area contributed by atoms with Gasteiger partial charge in [-0.2, -0.15) is 0 Å². The van der Waals surface area contributed by atoms with Gasteiger partial charge in [0.2, 0.25) is 5.91 Å². The number of carbonyl (C=O) groups is 1. The molecule has 0 bridgehead atoms. The molecule has 1 saturated heterocycles. The van der Waals surface area contributed by atoms with Crippen molar-refractivity contribution in [2.45, 2.75) is 32.4 Å². The maximum absolute atomic E-state index is 11.8. The fourth-order valence-corrected chi connectivity index (χ4v) is 3.97. The van der Waals surface area contributed by atoms with Crippen molar-refractivity contribution in [3.63, 3.8) is 0 Å². The second-order valence-electron chi connectivity index (χ2n) is 6.62. The molecule has 1 aliphatic heterocycles. The van der Waals surface area contributed by atoms with Crippen molar-refractivity contribution < 1.29 is 9.53 Å². The number of amides is 1. The van der Waals surface area contributed by atoms with Gasteiger partial charge in [0.15, 0.2) is 5.96 Å². The third-order valence-corrected chi connectivity index (χ3v) is 5.67. The van der Waals surface area contributed by atoms with E-state index in [1.807, 2.05) is 36.1 Å². The van der Waals surface area contributed by atoms with Crippen molar-refractivity contribution in [2.75, 3.05) is 27.2 Å². The van der Waals surface area contributed by atoms with Crippen LogP contribution in [-0.4, -0.2) is 55.0 Å². The number of halogens is 1. The molecular formula is C20H28IN5O2S. The molecule has 0 spiro atoms. The summed E-state index contributed by atoms with van der Waals surface area (Å²) >= 11 is 1.62. The number of hydrogen-bond donors (Lipinski definition) is 2. The van der Waals surface area contributed by atoms with Crippen LogP contribution < -0.4 is 15.4 Å². The van der Waals surface area contributed by atoms with Crippen LogP contribution in [-0.2, 0) is 11.3 Å². The van der Waals surface area contributed by atoms with Crippen LogP contribution in [0.1, 0.15) is 25.5 Å². The van der Waals surface area contributed by atoms with E-state index in [0.717, 1.165) is 47.5 Å². The summed E-state index contributed by atoms with van der Waals surface area (Å²) in [5.74, 6) is 1.78. The molecule has 1 unspecified atom stereocenters. The van der Waals surface area contributed by atoms with E-state index in [2.05, 4.69) is 21.0 Å². The predicted molar refractivity (Wildman–Crippen MR) is 128 cm³/mol. The molecule has 0 saturated carbocycles. The maximum Gasteiger partial charge on any atom is 0.222 e. The summed E-state index contributed by atoms with van der Waals surface area (Å²) in [5, 5.41) is 9.75. The number of aliphatic imine (C=N–C) groups is 1. The number of rotatable bonds is 6. The maximum atomic E-state index is 11.8. The first kappa shape index (κ1) is 23.4. The summed E-state index contributed by atoms with van der Waals surface area (Å²) < 4.78 is 5.20. The number of carbonyl (C=O) groups excluding carboxylic acids is 1. The fraction of sp³-hybridized carbons (Fsp3) is 0.450. The molecule has 1 fully saturated rings. The zero-order chi connectivity index (χ0) is 19.9. The minimum Gasteiger partial charge on any atom is -0.497 e. The summed E-state index contributed by atoms with van der Waals surface area (Å²) in [7, 11) is 3.41. The number of nitrogens with one attached hydrogen (secondary N) is 2. The highest BCUT2D eigenvalue weighted by Crippen LogP contribution is 2.25. The molecule has 0 radical (unpaired) electrons. The van der Waals surface area contributed by atoms with Crippen LogP contribution >= 0.6 is 35.3 Å². The van der Waals surface area contributed by atoms with Crippen LogP contribution in [0.4, 0.5) is 0 Å². The van der Waals surface area contributed by atoms with Crippen LogP contribution in [0.3, 0.4) is 0 Å². The minimum atomic E-state index is 0. The average Bonchev–Trinajstić information content (AvgIpc) is 3.40. The number of nitrogens with zero attached hydrogens (tertiary/aromatic N) is 3. The van der Waals surface area contributed by atoms with E-state index in [1.54, 1.807) is 25.5 Å². The summed E-state index contributed by atoms with van der Waals surface area (Å²) in [6.07, 6.45) is 1.49. The quantitative estimate of drug-likeness (QED) is 0.342. The smallest absolute Gasteiger partial charge is 0.222 e. The van der Waals surface area contributed by atoms with Gasteiger partial charge in [0, 0.05) is 43.5 Å². The van der Waals surface area contributed by atoms with Crippen molar-refractivity contribution in [1.82, 2.24) is 20.5 Å². The van der Waals surface area contributed by atoms with Gasteiger partial charge in [-0.15, -0.1) is 35.3 Å². The highest BCUT2D eigenvalue weighted by atomic mass is 127. The number of methoxy groups -OCH3 is 1. The summed E-state index contributed by atoms with van der Waals surface area (Å²) in [5.41, 5.74) is 2.04. The third-order valence-electron chi connectivity index (χ3n) is 4.73. The van der Waals surface area contributed by atoms with E-state index >= 15 is 0 Å². The number of likely N-dealkylation sites (tertiary alicyclic amines) is 1. The molecule has 0 aliphatic carbocycles. The van der Waals surface area contributed by atoms with E-state index in [1.165, 1.54) is 0 Å². The molecular weight excluding hydrogens is 501 g/mol. The number of hydrogen-bond acceptors (Lipinski definition) is 5. The van der Waals surface area contributed by atoms with Gasteiger partial charge in [0.25, 0.3) is 0 Å². The highest BCUT2D eigenvalue weighted by molar-refractivity contribution is 14.0. The molecule has 1 atom stereocenters. The molecule has 2 heterocycles. The van der Waals surface area contributed by atoms with Gasteiger partial charge in [0.1, 0.15) is 10.8 Å². The lowest BCUT2D eigenvalue weighted by molar-refractivity contribution is -0.129. The van der Waals surface area contributed by atoms with E-state index in [-0.39, 0.29) is 35.9 Å². The van der Waals surface area contributed by atoms with Gasteiger partial charge >= 0.3 is 0 Å². The number of thiazole rings is 1. The fourth-order valence-electron chi connectivity index (χ4n) is 3.14. The molecule has 1 aromatic carbocycles. The summed E-state index contributed by atoms with van der Waals surface area (Å²) in [6.45, 7) is 4.03. The molecule has 7 nitrogen and oxygen atoms in total. The number of benzene rings is 1. The third kappa shape index (κ3) is 6.30. The first-order chi connectivity index (χ1) is 13.6. The van der Waals surface area contributed by atoms with Gasteiger partial charge < -0.3 is 20.3 Å². The van der Waals surface area contributed by atoms with Crippen LogP contribution in [0.25, 0.3) is 10.6 Å². The Labute approximate surface area is 193 Å². The molecule has 1 amide bonds. The van der Waals surface area contributed by atoms with Crippen molar-refractivity contribution in [3.8, 4) is 16.3 Å². The lowest BCUT2D eigenvalue weighted by Gasteiger charge is -2.18. The second kappa shape index (κ2) is 11.3. The second-order valence-corrected chi connectivity index (χ2v) is 7.48. The van der Waals surface area contributed by atoms with E-state index < -0.39 is 0 Å². The molecule has 2 N–H and O–H groups in total. The normalized spacial score (nSPS) is 16.3. The van der Waals surface area contributed by atoms with Gasteiger partial charge in [0.05, 0.1) is 19.3 Å². The Morgan fingerprint density at radius 3 is 2.79 bits per heavy atom. The first-order valence-electron chi connectivity index (χ1n) is 9.46. The average molecular weight is 529 g/mol. The predicted octanol–water partition coefficient (Wildman–Crippen LogP) is 3.11. The van der Waals surface area contributed by atoms with Crippen molar-refractivity contribution >= 4 is 47.2 Å². The molecule has 158 valence electrons. The van der Waals surface area contributed by atoms with Gasteiger partial charge in [-0.25, -0.2) is 4.98 Å². The van der Waals surface area contributed by atoms with Crippen LogP contribution in [0.2, 0.25) is 0 Å². The molecule has 29 heavy (non-hydrogen) atoms. The lowest BCUT2D eigenvalue weighted by Crippen LogP contribution is -2.44. The van der Waals surface area contributed by atoms with Crippen molar-refractivity contribution in [2.24, 2.45) is 4.99 Å². The molecule has 1 aliphatic rings. The van der Waals surface area contributed by atoms with E-state index in [9.17, 15) is 4.79 Å². The van der Waals surface area contributed by atoms with Crippen molar-refractivity contribution in [1.29, 1.82) is 0 Å². The monoisotopic (exact) mass is 529 g/mol. The van der Waals surface area contributed by atoms with E-state index in [0.29, 0.717) is 13.0 Å². The SMILES string of the molecule is CCC(=O)N1CCC(NC(=NC)NCc2csc(-c3ccc(OC)cc3)n2)C1.I. The standard InChI is InChI=1S/C20H27N5O2S.HI/c1-4-18(26)25-10-9-15(12-25)24-20(21-2)22-11-16-13-28-19(23-16)14-5-7-17(27-3)8-6-14;/h5-8,13,15H,4,9-12H2,1-3H3,(H2,21,22,24);1H. The lowest BCUT2D eigenvalue weighted by atomic mass is 10.2. The van der Waals surface area contributed by atoms with Gasteiger partial charge in [-0.3, -0.25) is 9.79 Å². The van der Waals surface area contributed by atoms with Crippen molar-refractivity contribution in [3.05, 3.63) is 35.3 Å². The zero-order valence-electron chi connectivity index (χ0n) is 17.0. The Bertz CT molecular complexity index is 825. The van der Waals surface area contributed by atoms with Crippen LogP contribution in [0, 0.1) is 0 Å². The number of aromatic nitrogens is 1. The Morgan fingerprint density at radius 2 is 2.14 bits per heavy atom. The molecule has 9 heteroatoms. The Hall–Kier alpha value is -1.88. The topological polar surface area (TPSA) is 78.9 Å². The van der Waals surface area contributed by atoms with Crippen LogP contribution in [0.15, 0.2) is 34.6 Å². The summed E-state index contributed by atoms with van der Waals surface area (Å²) in [6, 6.07) is 8.13. The first-order valence-corrected chi connectivity index (χ1v) is 10.3. The zero-order valence-corrected chi connectivity index (χ0v) is 20.1. The molecule has 3 rings (SSSR count). The summed E-state index contributed by atoms with van der Waals surface area (Å²) in [4.78, 5) is 22.7. The Balaban J connectivity index is 0.00000300.